The van der Waals surface area contributed by atoms with Crippen molar-refractivity contribution in [3.05, 3.63) is 29.8 Å². The van der Waals surface area contributed by atoms with Crippen molar-refractivity contribution in [2.45, 2.75) is 12.8 Å². The number of allylic oxidation sites excluding steroid dienone is 1. The quantitative estimate of drug-likeness (QED) is 0.492. The number of benzene rings is 1. The van der Waals surface area contributed by atoms with Crippen molar-refractivity contribution in [2.75, 3.05) is 7.11 Å². The van der Waals surface area contributed by atoms with E-state index in [-0.39, 0.29) is 17.9 Å². The van der Waals surface area contributed by atoms with Gasteiger partial charge in [-0.3, -0.25) is 14.4 Å². The first-order chi connectivity index (χ1) is 10.3. The predicted molar refractivity (Wildman–Crippen MR) is 76.7 cm³/mol. The molecule has 7 heteroatoms. The summed E-state index contributed by atoms with van der Waals surface area (Å²) in [6.07, 6.45) is 1.78. The molecule has 0 spiro atoms. The Bertz CT molecular complexity index is 604. The maximum atomic E-state index is 11.9. The minimum Gasteiger partial charge on any atom is -0.504 e. The van der Waals surface area contributed by atoms with Crippen LogP contribution in [0.3, 0.4) is 0 Å². The number of ketones is 1. The molecule has 0 heterocycles. The lowest BCUT2D eigenvalue weighted by Crippen LogP contribution is -2.23. The number of ether oxygens (including phenoxy) is 1. The number of phenols is 1. The van der Waals surface area contributed by atoms with Gasteiger partial charge in [-0.25, -0.2) is 0 Å². The van der Waals surface area contributed by atoms with Gasteiger partial charge in [-0.2, -0.15) is 0 Å². The summed E-state index contributed by atoms with van der Waals surface area (Å²) in [5.41, 5.74) is 0.533. The first-order valence-electron chi connectivity index (χ1n) is 6.38. The second kappa shape index (κ2) is 7.82. The second-order valence-corrected chi connectivity index (χ2v) is 4.49. The zero-order valence-electron chi connectivity index (χ0n) is 11.9. The Hall–Kier alpha value is -2.83. The van der Waals surface area contributed by atoms with E-state index >= 15 is 0 Å². The third-order valence-corrected chi connectivity index (χ3v) is 2.93. The van der Waals surface area contributed by atoms with Crippen LogP contribution in [0.2, 0.25) is 0 Å². The van der Waals surface area contributed by atoms with Gasteiger partial charge in [0.1, 0.15) is 5.92 Å². The molecule has 0 saturated heterocycles. The zero-order chi connectivity index (χ0) is 16.7. The largest absolute Gasteiger partial charge is 0.504 e. The van der Waals surface area contributed by atoms with Crippen LogP contribution in [0.5, 0.6) is 11.5 Å². The molecular formula is C15H16O7. The van der Waals surface area contributed by atoms with Crippen LogP contribution in [0.1, 0.15) is 18.4 Å². The summed E-state index contributed by atoms with van der Waals surface area (Å²) >= 11 is 0. The number of methoxy groups -OCH3 is 1. The summed E-state index contributed by atoms with van der Waals surface area (Å²) in [5, 5.41) is 27.0. The van der Waals surface area contributed by atoms with Gasteiger partial charge in [-0.05, 0) is 30.2 Å². The number of carbonyl (C=O) groups excluding carboxylic acids is 1. The van der Waals surface area contributed by atoms with Crippen molar-refractivity contribution < 1.29 is 34.4 Å². The summed E-state index contributed by atoms with van der Waals surface area (Å²) in [7, 11) is 1.38. The standard InChI is InChI=1S/C15H16O7/c1-22-13-8-9(3-6-12(13)17)2-5-11(16)10(15(20)21)4-7-14(18)19/h2-3,5-6,8,10,17H,4,7H2,1H3,(H,18,19)(H,20,21). The van der Waals surface area contributed by atoms with Gasteiger partial charge in [-0.1, -0.05) is 12.1 Å². The lowest BCUT2D eigenvalue weighted by atomic mass is 9.97. The number of aliphatic carboxylic acids is 2. The molecule has 3 N–H and O–H groups in total. The highest BCUT2D eigenvalue weighted by Gasteiger charge is 2.24. The maximum absolute atomic E-state index is 11.9. The molecule has 0 fully saturated rings. The number of carboxylic acid groups (broad SMARTS) is 2. The van der Waals surface area contributed by atoms with Crippen molar-refractivity contribution >= 4 is 23.8 Å². The Kier molecular flexibility index (Phi) is 6.12. The Morgan fingerprint density at radius 2 is 1.95 bits per heavy atom. The highest BCUT2D eigenvalue weighted by molar-refractivity contribution is 6.06. The topological polar surface area (TPSA) is 121 Å². The third-order valence-electron chi connectivity index (χ3n) is 2.93. The molecule has 22 heavy (non-hydrogen) atoms. The first-order valence-corrected chi connectivity index (χ1v) is 6.38. The second-order valence-electron chi connectivity index (χ2n) is 4.49. The monoisotopic (exact) mass is 308 g/mol. The van der Waals surface area contributed by atoms with E-state index in [1.54, 1.807) is 0 Å². The van der Waals surface area contributed by atoms with E-state index in [1.165, 1.54) is 31.4 Å². The van der Waals surface area contributed by atoms with E-state index in [1.807, 2.05) is 0 Å². The smallest absolute Gasteiger partial charge is 0.314 e. The summed E-state index contributed by atoms with van der Waals surface area (Å²) in [6, 6.07) is 4.38. The first kappa shape index (κ1) is 17.2. The number of carboxylic acids is 2. The predicted octanol–water partition coefficient (Wildman–Crippen LogP) is 1.55. The minimum absolute atomic E-state index is 0.0594. The number of phenolic OH excluding ortho intramolecular Hbond substituents is 1. The SMILES string of the molecule is COc1cc(C=CC(=O)C(CCC(=O)O)C(=O)O)ccc1O. The molecule has 0 saturated carbocycles. The fourth-order valence-electron chi connectivity index (χ4n) is 1.75. The molecule has 1 aromatic carbocycles. The molecule has 1 aromatic rings. The Labute approximate surface area is 126 Å². The summed E-state index contributed by atoms with van der Waals surface area (Å²) in [5.74, 6) is -4.45. The normalized spacial score (nSPS) is 12.0. The molecule has 0 aromatic heterocycles. The van der Waals surface area contributed by atoms with Crippen molar-refractivity contribution in [3.63, 3.8) is 0 Å². The van der Waals surface area contributed by atoms with Crippen molar-refractivity contribution in [2.24, 2.45) is 5.92 Å². The summed E-state index contributed by atoms with van der Waals surface area (Å²) in [6.45, 7) is 0. The van der Waals surface area contributed by atoms with Crippen molar-refractivity contribution in [3.8, 4) is 11.5 Å². The van der Waals surface area contributed by atoms with E-state index in [2.05, 4.69) is 0 Å². The molecule has 1 atom stereocenters. The van der Waals surface area contributed by atoms with Crippen molar-refractivity contribution in [1.82, 2.24) is 0 Å². The molecule has 1 rings (SSSR count). The lowest BCUT2D eigenvalue weighted by Gasteiger charge is -2.07. The number of rotatable bonds is 8. The molecule has 0 aliphatic heterocycles. The molecule has 0 aliphatic rings. The lowest BCUT2D eigenvalue weighted by molar-refractivity contribution is -0.145. The molecular weight excluding hydrogens is 292 g/mol. The molecule has 7 nitrogen and oxygen atoms in total. The van der Waals surface area contributed by atoms with Gasteiger partial charge in [0.25, 0.3) is 0 Å². The molecule has 1 unspecified atom stereocenters. The Balaban J connectivity index is 2.84. The third kappa shape index (κ3) is 4.93. The average molecular weight is 308 g/mol. The average Bonchev–Trinajstić information content (AvgIpc) is 2.45. The van der Waals surface area contributed by atoms with Crippen LogP contribution in [0.25, 0.3) is 6.08 Å². The van der Waals surface area contributed by atoms with Gasteiger partial charge in [0.15, 0.2) is 17.3 Å². The van der Waals surface area contributed by atoms with E-state index in [0.717, 1.165) is 6.08 Å². The van der Waals surface area contributed by atoms with Crippen molar-refractivity contribution in [1.29, 1.82) is 0 Å². The number of hydrogen-bond acceptors (Lipinski definition) is 5. The van der Waals surface area contributed by atoms with E-state index < -0.39 is 30.1 Å². The zero-order valence-corrected chi connectivity index (χ0v) is 11.9. The number of carbonyl (C=O) groups is 3. The molecule has 0 amide bonds. The van der Waals surface area contributed by atoms with Gasteiger partial charge in [0.05, 0.1) is 7.11 Å². The molecule has 0 bridgehead atoms. The van der Waals surface area contributed by atoms with Crippen LogP contribution in [0, 0.1) is 5.92 Å². The van der Waals surface area contributed by atoms with Crippen LogP contribution in [-0.4, -0.2) is 40.2 Å². The maximum Gasteiger partial charge on any atom is 0.314 e. The van der Waals surface area contributed by atoms with Crippen LogP contribution >= 0.6 is 0 Å². The van der Waals surface area contributed by atoms with Gasteiger partial charge in [-0.15, -0.1) is 0 Å². The Morgan fingerprint density at radius 1 is 1.27 bits per heavy atom. The summed E-state index contributed by atoms with van der Waals surface area (Å²) in [4.78, 5) is 33.3. The van der Waals surface area contributed by atoms with Gasteiger partial charge in [0, 0.05) is 6.42 Å². The minimum atomic E-state index is -1.40. The van der Waals surface area contributed by atoms with Gasteiger partial charge < -0.3 is 20.1 Å². The fourth-order valence-corrected chi connectivity index (χ4v) is 1.75. The summed E-state index contributed by atoms with van der Waals surface area (Å²) < 4.78 is 4.91. The van der Waals surface area contributed by atoms with E-state index in [9.17, 15) is 19.5 Å². The number of hydrogen-bond donors (Lipinski definition) is 3. The van der Waals surface area contributed by atoms with E-state index in [0.29, 0.717) is 5.56 Å². The highest BCUT2D eigenvalue weighted by atomic mass is 16.5. The van der Waals surface area contributed by atoms with Crippen LogP contribution in [0.4, 0.5) is 0 Å². The number of aromatic hydroxyl groups is 1. The molecule has 0 radical (unpaired) electrons. The Morgan fingerprint density at radius 3 is 2.50 bits per heavy atom. The van der Waals surface area contributed by atoms with Gasteiger partial charge in [0.2, 0.25) is 0 Å². The fraction of sp³-hybridized carbons (Fsp3) is 0.267. The highest BCUT2D eigenvalue weighted by Crippen LogP contribution is 2.26. The molecule has 118 valence electrons. The molecule has 0 aliphatic carbocycles. The van der Waals surface area contributed by atoms with Gasteiger partial charge >= 0.3 is 11.9 Å². The van der Waals surface area contributed by atoms with Crippen LogP contribution in [0.15, 0.2) is 24.3 Å². The van der Waals surface area contributed by atoms with Crippen LogP contribution in [-0.2, 0) is 14.4 Å². The van der Waals surface area contributed by atoms with Crippen LogP contribution < -0.4 is 4.74 Å². The van der Waals surface area contributed by atoms with E-state index in [4.69, 9.17) is 14.9 Å².